The van der Waals surface area contributed by atoms with Crippen LogP contribution in [0.1, 0.15) is 24.2 Å². The van der Waals surface area contributed by atoms with Crippen molar-refractivity contribution in [3.63, 3.8) is 0 Å². The number of hydrogen-bond acceptors (Lipinski definition) is 4. The van der Waals surface area contributed by atoms with Crippen LogP contribution in [0.4, 0.5) is 0 Å². The first kappa shape index (κ1) is 15.2. The molecule has 1 aromatic carbocycles. The van der Waals surface area contributed by atoms with Gasteiger partial charge in [0.15, 0.2) is 5.16 Å². The van der Waals surface area contributed by atoms with E-state index in [1.165, 1.54) is 11.8 Å². The van der Waals surface area contributed by atoms with E-state index in [1.807, 2.05) is 31.2 Å². The fourth-order valence-electron chi connectivity index (χ4n) is 1.90. The molecule has 1 heterocycles. The molecule has 0 spiro atoms. The Morgan fingerprint density at radius 2 is 2.35 bits per heavy atom. The van der Waals surface area contributed by atoms with Gasteiger partial charge in [-0.25, -0.2) is 9.89 Å². The Hall–Kier alpha value is -1.24. The summed E-state index contributed by atoms with van der Waals surface area (Å²) in [5.41, 5.74) is 6.69. The van der Waals surface area contributed by atoms with Crippen molar-refractivity contribution < 1.29 is 0 Å². The average molecular weight is 313 g/mol. The molecule has 3 N–H and O–H groups in total. The maximum absolute atomic E-state index is 11.7. The molecule has 20 heavy (non-hydrogen) atoms. The van der Waals surface area contributed by atoms with Crippen LogP contribution in [0.3, 0.4) is 0 Å². The maximum Gasteiger partial charge on any atom is 0.343 e. The standard InChI is InChI=1S/C13H17ClN4OS/c1-2-6-18-12(19)16-17-13(18)20-11(8-15)9-4-3-5-10(14)7-9/h3-5,7,11H,2,6,8,15H2,1H3,(H,16,19). The third kappa shape index (κ3) is 3.45. The van der Waals surface area contributed by atoms with Crippen LogP contribution in [0.15, 0.2) is 34.2 Å². The third-order valence-electron chi connectivity index (χ3n) is 2.85. The first-order chi connectivity index (χ1) is 9.65. The summed E-state index contributed by atoms with van der Waals surface area (Å²) in [7, 11) is 0. The Morgan fingerprint density at radius 1 is 1.55 bits per heavy atom. The molecule has 0 radical (unpaired) electrons. The number of halogens is 1. The summed E-state index contributed by atoms with van der Waals surface area (Å²) in [5.74, 6) is 0. The minimum absolute atomic E-state index is 0.0134. The smallest absolute Gasteiger partial charge is 0.329 e. The van der Waals surface area contributed by atoms with E-state index >= 15 is 0 Å². The molecule has 0 saturated carbocycles. The van der Waals surface area contributed by atoms with Crippen LogP contribution in [0.2, 0.25) is 5.02 Å². The van der Waals surface area contributed by atoms with Crippen LogP contribution in [0.25, 0.3) is 0 Å². The normalized spacial score (nSPS) is 12.6. The minimum Gasteiger partial charge on any atom is -0.329 e. The van der Waals surface area contributed by atoms with Crippen molar-refractivity contribution in [3.8, 4) is 0 Å². The highest BCUT2D eigenvalue weighted by molar-refractivity contribution is 7.99. The molecule has 1 atom stereocenters. The number of hydrogen-bond donors (Lipinski definition) is 2. The van der Waals surface area contributed by atoms with Crippen molar-refractivity contribution in [3.05, 3.63) is 45.3 Å². The predicted molar refractivity (Wildman–Crippen MR) is 82.2 cm³/mol. The molecule has 7 heteroatoms. The summed E-state index contributed by atoms with van der Waals surface area (Å²) in [6, 6.07) is 7.59. The van der Waals surface area contributed by atoms with Gasteiger partial charge in [0.05, 0.1) is 0 Å². The predicted octanol–water partition coefficient (Wildman–Crippen LogP) is 2.43. The molecule has 0 amide bonds. The Kier molecular flexibility index (Phi) is 5.28. The van der Waals surface area contributed by atoms with Crippen LogP contribution in [-0.2, 0) is 6.54 Å². The van der Waals surface area contributed by atoms with Crippen LogP contribution in [0, 0.1) is 0 Å². The van der Waals surface area contributed by atoms with Gasteiger partial charge in [-0.15, -0.1) is 5.10 Å². The number of nitrogens with one attached hydrogen (secondary N) is 1. The number of aromatic amines is 1. The van der Waals surface area contributed by atoms with Crippen molar-refractivity contribution in [2.45, 2.75) is 30.3 Å². The van der Waals surface area contributed by atoms with Crippen LogP contribution in [0.5, 0.6) is 0 Å². The van der Waals surface area contributed by atoms with Gasteiger partial charge in [-0.3, -0.25) is 4.57 Å². The van der Waals surface area contributed by atoms with E-state index in [1.54, 1.807) is 4.57 Å². The summed E-state index contributed by atoms with van der Waals surface area (Å²) in [6.45, 7) is 3.11. The quantitative estimate of drug-likeness (QED) is 0.803. The highest BCUT2D eigenvalue weighted by Gasteiger charge is 2.17. The maximum atomic E-state index is 11.7. The van der Waals surface area contributed by atoms with E-state index < -0.39 is 0 Å². The number of thioether (sulfide) groups is 1. The van der Waals surface area contributed by atoms with Crippen molar-refractivity contribution in [2.75, 3.05) is 6.54 Å². The molecule has 0 bridgehead atoms. The first-order valence-corrected chi connectivity index (χ1v) is 7.68. The SMILES string of the molecule is CCCn1c(SC(CN)c2cccc(Cl)c2)n[nH]c1=O. The van der Waals surface area contributed by atoms with Gasteiger partial charge in [-0.1, -0.05) is 42.4 Å². The molecule has 1 unspecified atom stereocenters. The second-order valence-electron chi connectivity index (χ2n) is 4.36. The monoisotopic (exact) mass is 312 g/mol. The van der Waals surface area contributed by atoms with Gasteiger partial charge in [-0.05, 0) is 24.1 Å². The molecule has 2 aromatic rings. The lowest BCUT2D eigenvalue weighted by Crippen LogP contribution is -2.18. The van der Waals surface area contributed by atoms with E-state index in [9.17, 15) is 4.79 Å². The molecule has 0 aliphatic rings. The summed E-state index contributed by atoms with van der Waals surface area (Å²) in [5, 5.41) is 7.90. The molecule has 0 aliphatic carbocycles. The lowest BCUT2D eigenvalue weighted by atomic mass is 10.1. The Bertz CT molecular complexity index is 625. The van der Waals surface area contributed by atoms with E-state index in [4.69, 9.17) is 17.3 Å². The second kappa shape index (κ2) is 6.97. The van der Waals surface area contributed by atoms with Gasteiger partial charge in [0.25, 0.3) is 0 Å². The number of nitrogens with zero attached hydrogens (tertiary/aromatic N) is 2. The van der Waals surface area contributed by atoms with Gasteiger partial charge in [0.2, 0.25) is 0 Å². The van der Waals surface area contributed by atoms with Crippen molar-refractivity contribution >= 4 is 23.4 Å². The largest absolute Gasteiger partial charge is 0.343 e. The minimum atomic E-state index is -0.184. The van der Waals surface area contributed by atoms with E-state index in [0.717, 1.165) is 12.0 Å². The molecule has 1 aromatic heterocycles. The van der Waals surface area contributed by atoms with Gasteiger partial charge >= 0.3 is 5.69 Å². The molecule has 0 saturated heterocycles. The Morgan fingerprint density at radius 3 is 3.00 bits per heavy atom. The zero-order valence-electron chi connectivity index (χ0n) is 11.2. The number of H-pyrrole nitrogens is 1. The fourth-order valence-corrected chi connectivity index (χ4v) is 3.13. The lowest BCUT2D eigenvalue weighted by molar-refractivity contribution is 0.602. The topological polar surface area (TPSA) is 76.7 Å². The van der Waals surface area contributed by atoms with E-state index in [0.29, 0.717) is 23.3 Å². The molecule has 0 fully saturated rings. The molecule has 2 rings (SSSR count). The van der Waals surface area contributed by atoms with Crippen LogP contribution in [-0.4, -0.2) is 21.3 Å². The third-order valence-corrected chi connectivity index (χ3v) is 4.36. The highest BCUT2D eigenvalue weighted by Crippen LogP contribution is 2.33. The van der Waals surface area contributed by atoms with E-state index in [-0.39, 0.29) is 10.9 Å². The fraction of sp³-hybridized carbons (Fsp3) is 0.385. The molecule has 5 nitrogen and oxygen atoms in total. The van der Waals surface area contributed by atoms with Crippen molar-refractivity contribution in [1.29, 1.82) is 0 Å². The number of rotatable bonds is 6. The lowest BCUT2D eigenvalue weighted by Gasteiger charge is -2.14. The molecular weight excluding hydrogens is 296 g/mol. The zero-order valence-corrected chi connectivity index (χ0v) is 12.7. The highest BCUT2D eigenvalue weighted by atomic mass is 35.5. The van der Waals surface area contributed by atoms with Gasteiger partial charge < -0.3 is 5.73 Å². The molecule has 0 aliphatic heterocycles. The Balaban J connectivity index is 2.24. The summed E-state index contributed by atoms with van der Waals surface area (Å²) < 4.78 is 1.64. The Labute approximate surface area is 126 Å². The van der Waals surface area contributed by atoms with E-state index in [2.05, 4.69) is 10.2 Å². The number of aromatic nitrogens is 3. The van der Waals surface area contributed by atoms with Gasteiger partial charge in [-0.2, -0.15) is 0 Å². The number of nitrogens with two attached hydrogens (primary N) is 1. The van der Waals surface area contributed by atoms with Gasteiger partial charge in [0.1, 0.15) is 0 Å². The van der Waals surface area contributed by atoms with Gasteiger partial charge in [0, 0.05) is 23.4 Å². The first-order valence-electron chi connectivity index (χ1n) is 6.43. The summed E-state index contributed by atoms with van der Waals surface area (Å²) in [6.07, 6.45) is 0.872. The number of benzene rings is 1. The zero-order chi connectivity index (χ0) is 14.5. The van der Waals surface area contributed by atoms with Crippen LogP contribution >= 0.6 is 23.4 Å². The van der Waals surface area contributed by atoms with Crippen LogP contribution < -0.4 is 11.4 Å². The average Bonchev–Trinajstić information content (AvgIpc) is 2.78. The van der Waals surface area contributed by atoms with Crippen molar-refractivity contribution in [2.24, 2.45) is 5.73 Å². The van der Waals surface area contributed by atoms with Crippen molar-refractivity contribution in [1.82, 2.24) is 14.8 Å². The summed E-state index contributed by atoms with van der Waals surface area (Å²) >= 11 is 7.48. The summed E-state index contributed by atoms with van der Waals surface area (Å²) in [4.78, 5) is 11.7. The second-order valence-corrected chi connectivity index (χ2v) is 5.97. The molecular formula is C13H17ClN4OS. The molecule has 108 valence electrons.